The summed E-state index contributed by atoms with van der Waals surface area (Å²) in [6.07, 6.45) is 8.18. The van der Waals surface area contributed by atoms with Crippen LogP contribution in [-0.4, -0.2) is 47.3 Å². The van der Waals surface area contributed by atoms with Crippen LogP contribution >= 0.6 is 0 Å². The predicted octanol–water partition coefficient (Wildman–Crippen LogP) is 7.22. The molecule has 0 unspecified atom stereocenters. The molecule has 0 heterocycles. The van der Waals surface area contributed by atoms with Gasteiger partial charge in [-0.25, -0.2) is 4.39 Å². The van der Waals surface area contributed by atoms with Crippen molar-refractivity contribution in [3.8, 4) is 22.6 Å². The monoisotopic (exact) mass is 619 g/mol. The summed E-state index contributed by atoms with van der Waals surface area (Å²) in [6.45, 7) is 0.730. The number of carbonyl (C=O) groups is 3. The summed E-state index contributed by atoms with van der Waals surface area (Å²) in [5, 5.41) is 21.2. The van der Waals surface area contributed by atoms with E-state index in [1.54, 1.807) is 18.2 Å². The summed E-state index contributed by atoms with van der Waals surface area (Å²) >= 11 is 0. The minimum absolute atomic E-state index is 0.00972. The second-order valence-electron chi connectivity index (χ2n) is 11.5. The van der Waals surface area contributed by atoms with Crippen molar-refractivity contribution in [3.05, 3.63) is 83.2 Å². The molecule has 1 aliphatic rings. The average Bonchev–Trinajstić information content (AvgIpc) is 2.99. The Bertz CT molecular complexity index is 1450. The van der Waals surface area contributed by atoms with Crippen LogP contribution < -0.4 is 14.8 Å². The number of amides is 1. The summed E-state index contributed by atoms with van der Waals surface area (Å²) in [5.74, 6) is -1.07. The van der Waals surface area contributed by atoms with Crippen molar-refractivity contribution in [2.24, 2.45) is 0 Å². The molecule has 1 fully saturated rings. The SMILES string of the molecule is O=C(O)CCCOc1cccc(CCCCCCOc2cc(C(=O)NC3CCC3)cc(-c3cccc(F)c3)c2)c1CCC(=O)O. The van der Waals surface area contributed by atoms with Crippen LogP contribution in [0.15, 0.2) is 60.7 Å². The number of unbranched alkanes of at least 4 members (excludes halogenated alkanes) is 3. The Morgan fingerprint density at radius 3 is 2.27 bits per heavy atom. The van der Waals surface area contributed by atoms with Crippen molar-refractivity contribution in [1.29, 1.82) is 0 Å². The lowest BCUT2D eigenvalue weighted by Gasteiger charge is -2.26. The molecule has 0 aromatic heterocycles. The van der Waals surface area contributed by atoms with Crippen LogP contribution in [0.1, 0.15) is 85.7 Å². The number of aliphatic carboxylic acids is 2. The summed E-state index contributed by atoms with van der Waals surface area (Å²) in [7, 11) is 0. The van der Waals surface area contributed by atoms with E-state index in [2.05, 4.69) is 5.32 Å². The number of benzene rings is 3. The van der Waals surface area contributed by atoms with Gasteiger partial charge in [0.2, 0.25) is 0 Å². The Hall–Kier alpha value is -4.40. The van der Waals surface area contributed by atoms with Crippen LogP contribution in [0.3, 0.4) is 0 Å². The first-order valence-electron chi connectivity index (χ1n) is 15.8. The number of carboxylic acid groups (broad SMARTS) is 2. The molecule has 1 amide bonds. The highest BCUT2D eigenvalue weighted by Gasteiger charge is 2.21. The van der Waals surface area contributed by atoms with E-state index in [-0.39, 0.29) is 37.2 Å². The van der Waals surface area contributed by atoms with Gasteiger partial charge in [-0.2, -0.15) is 0 Å². The zero-order chi connectivity index (χ0) is 32.0. The van der Waals surface area contributed by atoms with Crippen LogP contribution in [0.5, 0.6) is 11.5 Å². The number of nitrogens with one attached hydrogen (secondary N) is 1. The van der Waals surface area contributed by atoms with Gasteiger partial charge >= 0.3 is 11.9 Å². The zero-order valence-electron chi connectivity index (χ0n) is 25.6. The molecule has 4 rings (SSSR count). The Balaban J connectivity index is 1.29. The van der Waals surface area contributed by atoms with Crippen molar-refractivity contribution >= 4 is 17.8 Å². The Labute approximate surface area is 263 Å². The fourth-order valence-electron chi connectivity index (χ4n) is 5.33. The lowest BCUT2D eigenvalue weighted by molar-refractivity contribution is -0.138. The van der Waals surface area contributed by atoms with Gasteiger partial charge in [-0.05, 0) is 110 Å². The normalized spacial score (nSPS) is 12.7. The highest BCUT2D eigenvalue weighted by atomic mass is 19.1. The summed E-state index contributed by atoms with van der Waals surface area (Å²) in [6, 6.07) is 17.5. The summed E-state index contributed by atoms with van der Waals surface area (Å²) in [4.78, 5) is 35.0. The summed E-state index contributed by atoms with van der Waals surface area (Å²) < 4.78 is 25.8. The third-order valence-corrected chi connectivity index (χ3v) is 7.99. The van der Waals surface area contributed by atoms with E-state index in [1.165, 1.54) is 12.1 Å². The molecule has 3 aromatic carbocycles. The highest BCUT2D eigenvalue weighted by molar-refractivity contribution is 5.96. The predicted molar refractivity (Wildman–Crippen MR) is 169 cm³/mol. The molecule has 9 heteroatoms. The van der Waals surface area contributed by atoms with Crippen molar-refractivity contribution in [3.63, 3.8) is 0 Å². The van der Waals surface area contributed by atoms with Crippen LogP contribution in [0, 0.1) is 5.82 Å². The van der Waals surface area contributed by atoms with Crippen molar-refractivity contribution < 1.29 is 38.5 Å². The van der Waals surface area contributed by atoms with Gasteiger partial charge in [0.15, 0.2) is 0 Å². The third-order valence-electron chi connectivity index (χ3n) is 7.99. The van der Waals surface area contributed by atoms with Crippen LogP contribution in [0.4, 0.5) is 4.39 Å². The second-order valence-corrected chi connectivity index (χ2v) is 11.5. The highest BCUT2D eigenvalue weighted by Crippen LogP contribution is 2.29. The Morgan fingerprint density at radius 1 is 0.778 bits per heavy atom. The van der Waals surface area contributed by atoms with E-state index in [4.69, 9.17) is 14.6 Å². The first-order valence-corrected chi connectivity index (χ1v) is 15.8. The van der Waals surface area contributed by atoms with Gasteiger partial charge in [0, 0.05) is 24.4 Å². The first-order chi connectivity index (χ1) is 21.8. The summed E-state index contributed by atoms with van der Waals surface area (Å²) in [5.41, 5.74) is 3.80. The molecule has 0 saturated heterocycles. The van der Waals surface area contributed by atoms with Gasteiger partial charge in [-0.3, -0.25) is 14.4 Å². The maximum atomic E-state index is 13.9. The van der Waals surface area contributed by atoms with Gasteiger partial charge in [0.1, 0.15) is 17.3 Å². The van der Waals surface area contributed by atoms with E-state index >= 15 is 0 Å². The van der Waals surface area contributed by atoms with E-state index < -0.39 is 11.9 Å². The van der Waals surface area contributed by atoms with Crippen molar-refractivity contribution in [2.75, 3.05) is 13.2 Å². The van der Waals surface area contributed by atoms with Gasteiger partial charge in [-0.15, -0.1) is 0 Å². The molecule has 0 bridgehead atoms. The smallest absolute Gasteiger partial charge is 0.303 e. The van der Waals surface area contributed by atoms with Crippen LogP contribution in [0.2, 0.25) is 0 Å². The standard InChI is InChI=1S/C36H42FNO7/c37-29-12-5-11-26(22-29)27-21-28(36(43)38-30-13-7-14-30)24-31(23-27)44-19-4-2-1-3-9-25-10-6-15-33(32(25)17-18-35(41)42)45-20-8-16-34(39)40/h5-6,10-12,15,21-24,30H,1-4,7-9,13-14,16-20H2,(H,38,43)(H,39,40)(H,41,42). The molecule has 0 aliphatic heterocycles. The maximum absolute atomic E-state index is 13.9. The van der Waals surface area contributed by atoms with Gasteiger partial charge < -0.3 is 25.0 Å². The second kappa shape index (κ2) is 17.2. The van der Waals surface area contributed by atoms with Crippen LogP contribution in [0.25, 0.3) is 11.1 Å². The van der Waals surface area contributed by atoms with E-state index in [0.29, 0.717) is 42.1 Å². The maximum Gasteiger partial charge on any atom is 0.303 e. The van der Waals surface area contributed by atoms with E-state index in [9.17, 15) is 23.9 Å². The number of carboxylic acids is 2. The van der Waals surface area contributed by atoms with E-state index in [0.717, 1.165) is 68.1 Å². The molecule has 3 aromatic rings. The van der Waals surface area contributed by atoms with Crippen molar-refractivity contribution in [2.45, 2.75) is 83.1 Å². The van der Waals surface area contributed by atoms with E-state index in [1.807, 2.05) is 30.3 Å². The lowest BCUT2D eigenvalue weighted by atomic mass is 9.92. The molecule has 0 spiro atoms. The minimum Gasteiger partial charge on any atom is -0.494 e. The minimum atomic E-state index is -0.880. The number of carbonyl (C=O) groups excluding carboxylic acids is 1. The molecule has 1 saturated carbocycles. The molecular weight excluding hydrogens is 577 g/mol. The molecule has 1 aliphatic carbocycles. The number of ether oxygens (including phenoxy) is 2. The Morgan fingerprint density at radius 2 is 1.53 bits per heavy atom. The molecule has 45 heavy (non-hydrogen) atoms. The fourth-order valence-corrected chi connectivity index (χ4v) is 5.33. The number of halogens is 1. The number of aryl methyl sites for hydroxylation is 1. The fraction of sp³-hybridized carbons (Fsp3) is 0.417. The number of hydrogen-bond acceptors (Lipinski definition) is 5. The molecule has 8 nitrogen and oxygen atoms in total. The lowest BCUT2D eigenvalue weighted by Crippen LogP contribution is -2.39. The third kappa shape index (κ3) is 10.9. The average molecular weight is 620 g/mol. The molecule has 0 atom stereocenters. The van der Waals surface area contributed by atoms with Crippen LogP contribution in [-0.2, 0) is 22.4 Å². The van der Waals surface area contributed by atoms with Gasteiger partial charge in [0.05, 0.1) is 13.2 Å². The number of hydrogen-bond donors (Lipinski definition) is 3. The number of rotatable bonds is 19. The first kappa shape index (κ1) is 33.5. The molecule has 240 valence electrons. The zero-order valence-corrected chi connectivity index (χ0v) is 25.6. The van der Waals surface area contributed by atoms with Crippen molar-refractivity contribution in [1.82, 2.24) is 5.32 Å². The molecule has 3 N–H and O–H groups in total. The Kier molecular flexibility index (Phi) is 12.8. The van der Waals surface area contributed by atoms with Gasteiger partial charge in [0.25, 0.3) is 5.91 Å². The quantitative estimate of drug-likeness (QED) is 0.121. The molecule has 0 radical (unpaired) electrons. The topological polar surface area (TPSA) is 122 Å². The molecular formula is C36H42FNO7. The van der Waals surface area contributed by atoms with Gasteiger partial charge in [-0.1, -0.05) is 37.1 Å². The largest absolute Gasteiger partial charge is 0.494 e.